The summed E-state index contributed by atoms with van der Waals surface area (Å²) in [7, 11) is 0. The van der Waals surface area contributed by atoms with Crippen LogP contribution in [0.4, 0.5) is 0 Å². The minimum absolute atomic E-state index is 0.675. The summed E-state index contributed by atoms with van der Waals surface area (Å²) in [5.74, 6) is 0.675. The second kappa shape index (κ2) is 7.16. The smallest absolute Gasteiger partial charge is 0.148 e. The molecule has 2 aromatic rings. The van der Waals surface area contributed by atoms with Crippen LogP contribution >= 0.6 is 22.9 Å². The highest BCUT2D eigenvalue weighted by atomic mass is 35.5. The molecular formula is C15H20ClN3S. The number of nitrogens with one attached hydrogen (secondary N) is 1. The first-order valence-electron chi connectivity index (χ1n) is 6.86. The molecule has 2 rings (SSSR count). The molecule has 5 heteroatoms. The minimum Gasteiger partial charge on any atom is -0.316 e. The van der Waals surface area contributed by atoms with Gasteiger partial charge in [-0.15, -0.1) is 10.2 Å². The summed E-state index contributed by atoms with van der Waals surface area (Å²) in [6.07, 6.45) is 0.921. The molecule has 108 valence electrons. The van der Waals surface area contributed by atoms with Crippen LogP contribution in [0.5, 0.6) is 0 Å². The lowest BCUT2D eigenvalue weighted by Gasteiger charge is -2.05. The Morgan fingerprint density at radius 2 is 2.10 bits per heavy atom. The van der Waals surface area contributed by atoms with Crippen molar-refractivity contribution in [3.8, 4) is 10.6 Å². The summed E-state index contributed by atoms with van der Waals surface area (Å²) in [4.78, 5) is 0. The lowest BCUT2D eigenvalue weighted by molar-refractivity contribution is 0.553. The third kappa shape index (κ3) is 4.01. The Hall–Kier alpha value is -0.970. The maximum Gasteiger partial charge on any atom is 0.148 e. The van der Waals surface area contributed by atoms with E-state index in [4.69, 9.17) is 11.6 Å². The summed E-state index contributed by atoms with van der Waals surface area (Å²) in [5.41, 5.74) is 2.14. The van der Waals surface area contributed by atoms with Crippen molar-refractivity contribution in [3.63, 3.8) is 0 Å². The van der Waals surface area contributed by atoms with Crippen molar-refractivity contribution in [2.24, 2.45) is 5.92 Å². The number of nitrogens with zero attached hydrogens (tertiary/aromatic N) is 2. The molecule has 20 heavy (non-hydrogen) atoms. The molecule has 0 amide bonds. The third-order valence-corrected chi connectivity index (χ3v) is 4.46. The van der Waals surface area contributed by atoms with E-state index in [0.29, 0.717) is 5.92 Å². The van der Waals surface area contributed by atoms with Gasteiger partial charge in [0.15, 0.2) is 0 Å². The van der Waals surface area contributed by atoms with Crippen LogP contribution in [0.2, 0.25) is 5.02 Å². The normalized spacial score (nSPS) is 11.2. The number of halogens is 1. The SMILES string of the molecule is Cc1c(Cl)cccc1-c1nnc(CCNCC(C)C)s1. The minimum atomic E-state index is 0.675. The van der Waals surface area contributed by atoms with Gasteiger partial charge in [0, 0.05) is 23.6 Å². The molecule has 0 bridgehead atoms. The van der Waals surface area contributed by atoms with Crippen LogP contribution in [0, 0.1) is 12.8 Å². The average Bonchev–Trinajstić information content (AvgIpc) is 2.86. The number of rotatable bonds is 6. The largest absolute Gasteiger partial charge is 0.316 e. The fourth-order valence-electron chi connectivity index (χ4n) is 1.89. The van der Waals surface area contributed by atoms with Gasteiger partial charge >= 0.3 is 0 Å². The molecule has 0 saturated carbocycles. The van der Waals surface area contributed by atoms with Crippen molar-refractivity contribution in [1.82, 2.24) is 15.5 Å². The second-order valence-corrected chi connectivity index (χ2v) is 6.73. The number of hydrogen-bond donors (Lipinski definition) is 1. The highest BCUT2D eigenvalue weighted by Crippen LogP contribution is 2.30. The van der Waals surface area contributed by atoms with Crippen LogP contribution in [-0.4, -0.2) is 23.3 Å². The summed E-state index contributed by atoms with van der Waals surface area (Å²) in [6.45, 7) is 8.42. The van der Waals surface area contributed by atoms with Crippen molar-refractivity contribution >= 4 is 22.9 Å². The van der Waals surface area contributed by atoms with Gasteiger partial charge in [0.25, 0.3) is 0 Å². The predicted molar refractivity (Wildman–Crippen MR) is 86.5 cm³/mol. The average molecular weight is 310 g/mol. The molecule has 0 atom stereocenters. The maximum atomic E-state index is 6.15. The van der Waals surface area contributed by atoms with Gasteiger partial charge in [-0.3, -0.25) is 0 Å². The van der Waals surface area contributed by atoms with E-state index in [9.17, 15) is 0 Å². The Balaban J connectivity index is 2.00. The molecule has 0 aliphatic carbocycles. The van der Waals surface area contributed by atoms with Gasteiger partial charge in [-0.2, -0.15) is 0 Å². The van der Waals surface area contributed by atoms with Crippen LogP contribution in [0.1, 0.15) is 24.4 Å². The molecule has 1 aromatic heterocycles. The Morgan fingerprint density at radius 1 is 1.30 bits per heavy atom. The summed E-state index contributed by atoms with van der Waals surface area (Å²) < 4.78 is 0. The van der Waals surface area contributed by atoms with E-state index in [-0.39, 0.29) is 0 Å². The van der Waals surface area contributed by atoms with Crippen LogP contribution in [-0.2, 0) is 6.42 Å². The Kier molecular flexibility index (Phi) is 5.52. The standard InChI is InChI=1S/C15H20ClN3S/c1-10(2)9-17-8-7-14-18-19-15(20-14)12-5-4-6-13(16)11(12)3/h4-6,10,17H,7-9H2,1-3H3. The molecular weight excluding hydrogens is 290 g/mol. The number of benzene rings is 1. The first-order chi connectivity index (χ1) is 9.58. The molecule has 1 heterocycles. The summed E-state index contributed by atoms with van der Waals surface area (Å²) >= 11 is 7.80. The Labute approximate surface area is 129 Å². The fraction of sp³-hybridized carbons (Fsp3) is 0.467. The van der Waals surface area contributed by atoms with E-state index in [2.05, 4.69) is 29.4 Å². The van der Waals surface area contributed by atoms with Crippen molar-refractivity contribution in [2.45, 2.75) is 27.2 Å². The van der Waals surface area contributed by atoms with Gasteiger partial charge in [0.1, 0.15) is 10.0 Å². The monoisotopic (exact) mass is 309 g/mol. The van der Waals surface area contributed by atoms with Gasteiger partial charge in [-0.05, 0) is 31.0 Å². The Morgan fingerprint density at radius 3 is 2.85 bits per heavy atom. The second-order valence-electron chi connectivity index (χ2n) is 5.26. The van der Waals surface area contributed by atoms with E-state index in [1.807, 2.05) is 25.1 Å². The van der Waals surface area contributed by atoms with Crippen molar-refractivity contribution in [3.05, 3.63) is 33.8 Å². The Bertz CT molecular complexity index is 566. The van der Waals surface area contributed by atoms with E-state index >= 15 is 0 Å². The van der Waals surface area contributed by atoms with Crippen LogP contribution in [0.25, 0.3) is 10.6 Å². The maximum absolute atomic E-state index is 6.15. The zero-order valence-corrected chi connectivity index (χ0v) is 13.7. The molecule has 0 fully saturated rings. The van der Waals surface area contributed by atoms with Gasteiger partial charge in [-0.1, -0.05) is 48.9 Å². The number of aromatic nitrogens is 2. The molecule has 0 aliphatic rings. The highest BCUT2D eigenvalue weighted by Gasteiger charge is 2.10. The van der Waals surface area contributed by atoms with Gasteiger partial charge < -0.3 is 5.32 Å². The number of hydrogen-bond acceptors (Lipinski definition) is 4. The first kappa shape index (κ1) is 15.4. The van der Waals surface area contributed by atoms with Crippen molar-refractivity contribution in [1.29, 1.82) is 0 Å². The highest BCUT2D eigenvalue weighted by molar-refractivity contribution is 7.14. The molecule has 1 aromatic carbocycles. The summed E-state index contributed by atoms with van der Waals surface area (Å²) in [6, 6.07) is 5.90. The van der Waals surface area contributed by atoms with Crippen LogP contribution < -0.4 is 5.32 Å². The van der Waals surface area contributed by atoms with Gasteiger partial charge in [0.2, 0.25) is 0 Å². The lowest BCUT2D eigenvalue weighted by atomic mass is 10.1. The van der Waals surface area contributed by atoms with E-state index < -0.39 is 0 Å². The van der Waals surface area contributed by atoms with Crippen LogP contribution in [0.3, 0.4) is 0 Å². The zero-order valence-electron chi connectivity index (χ0n) is 12.1. The molecule has 3 nitrogen and oxygen atoms in total. The van der Waals surface area contributed by atoms with Gasteiger partial charge in [0.05, 0.1) is 0 Å². The van der Waals surface area contributed by atoms with E-state index in [0.717, 1.165) is 45.7 Å². The van der Waals surface area contributed by atoms with E-state index in [1.165, 1.54) is 0 Å². The quantitative estimate of drug-likeness (QED) is 0.821. The summed E-state index contributed by atoms with van der Waals surface area (Å²) in [5, 5.41) is 14.8. The van der Waals surface area contributed by atoms with Crippen molar-refractivity contribution < 1.29 is 0 Å². The molecule has 1 N–H and O–H groups in total. The fourth-order valence-corrected chi connectivity index (χ4v) is 2.98. The molecule has 0 saturated heterocycles. The first-order valence-corrected chi connectivity index (χ1v) is 8.06. The third-order valence-electron chi connectivity index (χ3n) is 3.03. The molecule has 0 aliphatic heterocycles. The molecule has 0 radical (unpaired) electrons. The van der Waals surface area contributed by atoms with Crippen LogP contribution in [0.15, 0.2) is 18.2 Å². The topological polar surface area (TPSA) is 37.8 Å². The van der Waals surface area contributed by atoms with Gasteiger partial charge in [-0.25, -0.2) is 0 Å². The molecule has 0 spiro atoms. The predicted octanol–water partition coefficient (Wildman–Crippen LogP) is 3.96. The van der Waals surface area contributed by atoms with E-state index in [1.54, 1.807) is 11.3 Å². The zero-order chi connectivity index (χ0) is 14.5. The van der Waals surface area contributed by atoms with Crippen molar-refractivity contribution in [2.75, 3.05) is 13.1 Å². The molecule has 0 unspecified atom stereocenters. The lowest BCUT2D eigenvalue weighted by Crippen LogP contribution is -2.22.